The zero-order valence-electron chi connectivity index (χ0n) is 23.7. The van der Waals surface area contributed by atoms with Crippen LogP contribution in [0.1, 0.15) is 21.2 Å². The maximum Gasteiger partial charge on any atom is 0.263 e. The first-order chi connectivity index (χ1) is 21.0. The topological polar surface area (TPSA) is 98.8 Å². The largest absolute Gasteiger partial charge is 0.496 e. The summed E-state index contributed by atoms with van der Waals surface area (Å²) in [5.74, 6) is 0.988. The fraction of sp³-hybridized carbons (Fsp3) is 0.121. The molecule has 0 saturated carbocycles. The third kappa shape index (κ3) is 6.99. The third-order valence-electron chi connectivity index (χ3n) is 6.48. The summed E-state index contributed by atoms with van der Waals surface area (Å²) in [6.07, 6.45) is 0. The number of carbonyl (C=O) groups is 2. The van der Waals surface area contributed by atoms with Crippen molar-refractivity contribution in [2.24, 2.45) is 0 Å². The summed E-state index contributed by atoms with van der Waals surface area (Å²) in [5, 5.41) is 7.74. The monoisotopic (exact) mass is 611 g/mol. The molecule has 43 heavy (non-hydrogen) atoms. The van der Waals surface area contributed by atoms with Crippen molar-refractivity contribution in [2.75, 3.05) is 32.0 Å². The molecule has 0 saturated heterocycles. The predicted molar refractivity (Wildman–Crippen MR) is 172 cm³/mol. The maximum atomic E-state index is 13.6. The van der Waals surface area contributed by atoms with E-state index < -0.39 is 5.25 Å². The van der Waals surface area contributed by atoms with E-state index in [-0.39, 0.29) is 11.8 Å². The van der Waals surface area contributed by atoms with Gasteiger partial charge in [0, 0.05) is 21.5 Å². The van der Waals surface area contributed by atoms with E-state index in [0.29, 0.717) is 33.6 Å². The summed E-state index contributed by atoms with van der Waals surface area (Å²) in [7, 11) is 4.63. The molecule has 8 nitrogen and oxygen atoms in total. The van der Waals surface area contributed by atoms with Crippen molar-refractivity contribution in [3.05, 3.63) is 114 Å². The van der Waals surface area contributed by atoms with Crippen LogP contribution in [-0.4, -0.2) is 38.1 Å². The van der Waals surface area contributed by atoms with Gasteiger partial charge in [-0.2, -0.15) is 0 Å². The smallest absolute Gasteiger partial charge is 0.263 e. The normalized spacial score (nSPS) is 11.3. The second kappa shape index (κ2) is 13.9. The van der Waals surface area contributed by atoms with Crippen molar-refractivity contribution in [3.63, 3.8) is 0 Å². The van der Waals surface area contributed by atoms with E-state index in [2.05, 4.69) is 15.6 Å². The van der Waals surface area contributed by atoms with E-state index in [1.807, 2.05) is 72.1 Å². The molecule has 1 unspecified atom stereocenters. The SMILES string of the molecule is COc1ccccc1-c1csc(NC(=O)C(Sc2ccc(NC(=O)c3c(OC)cccc3OC)cc2)c2ccccc2)n1. The van der Waals surface area contributed by atoms with Crippen LogP contribution >= 0.6 is 23.1 Å². The first-order valence-corrected chi connectivity index (χ1v) is 15.0. The van der Waals surface area contributed by atoms with Gasteiger partial charge in [0.05, 0.1) is 27.0 Å². The highest BCUT2D eigenvalue weighted by molar-refractivity contribution is 8.00. The summed E-state index contributed by atoms with van der Waals surface area (Å²) >= 11 is 2.76. The number of aromatic nitrogens is 1. The average molecular weight is 612 g/mol. The fourth-order valence-electron chi connectivity index (χ4n) is 4.40. The minimum atomic E-state index is -0.543. The van der Waals surface area contributed by atoms with Gasteiger partial charge in [0.1, 0.15) is 28.1 Å². The van der Waals surface area contributed by atoms with Gasteiger partial charge < -0.3 is 24.8 Å². The summed E-state index contributed by atoms with van der Waals surface area (Å²) in [6, 6.07) is 29.7. The summed E-state index contributed by atoms with van der Waals surface area (Å²) < 4.78 is 16.2. The molecule has 5 aromatic rings. The van der Waals surface area contributed by atoms with Gasteiger partial charge in [0.15, 0.2) is 5.13 Å². The lowest BCUT2D eigenvalue weighted by atomic mass is 10.1. The number of anilines is 2. The molecule has 0 radical (unpaired) electrons. The highest BCUT2D eigenvalue weighted by Crippen LogP contribution is 2.38. The Labute approximate surface area is 258 Å². The number of rotatable bonds is 11. The number of thiazole rings is 1. The van der Waals surface area contributed by atoms with Gasteiger partial charge in [-0.05, 0) is 54.1 Å². The van der Waals surface area contributed by atoms with Crippen molar-refractivity contribution < 1.29 is 23.8 Å². The lowest BCUT2D eigenvalue weighted by molar-refractivity contribution is -0.115. The minimum Gasteiger partial charge on any atom is -0.496 e. The molecule has 5 rings (SSSR count). The molecule has 218 valence electrons. The van der Waals surface area contributed by atoms with Gasteiger partial charge in [0.2, 0.25) is 5.91 Å². The molecule has 0 aliphatic heterocycles. The quantitative estimate of drug-likeness (QED) is 0.149. The number of hydrogen-bond acceptors (Lipinski definition) is 8. The molecule has 2 N–H and O–H groups in total. The number of nitrogens with zero attached hydrogens (tertiary/aromatic N) is 1. The van der Waals surface area contributed by atoms with E-state index >= 15 is 0 Å². The zero-order valence-corrected chi connectivity index (χ0v) is 25.3. The van der Waals surface area contributed by atoms with Crippen LogP contribution in [0.3, 0.4) is 0 Å². The summed E-state index contributed by atoms with van der Waals surface area (Å²) in [4.78, 5) is 32.2. The highest BCUT2D eigenvalue weighted by atomic mass is 32.2. The Balaban J connectivity index is 1.32. The fourth-order valence-corrected chi connectivity index (χ4v) is 6.14. The number of amides is 2. The zero-order chi connectivity index (χ0) is 30.2. The number of ether oxygens (including phenoxy) is 3. The van der Waals surface area contributed by atoms with E-state index in [1.165, 1.54) is 37.3 Å². The van der Waals surface area contributed by atoms with Gasteiger partial charge >= 0.3 is 0 Å². The molecule has 0 fully saturated rings. The van der Waals surface area contributed by atoms with Crippen molar-refractivity contribution in [1.29, 1.82) is 0 Å². The number of nitrogens with one attached hydrogen (secondary N) is 2. The number of hydrogen-bond donors (Lipinski definition) is 2. The Bertz CT molecular complexity index is 1690. The number of benzene rings is 4. The molecule has 1 heterocycles. The third-order valence-corrected chi connectivity index (χ3v) is 8.50. The molecule has 0 spiro atoms. The molecular formula is C33H29N3O5S2. The molecule has 1 atom stereocenters. The van der Waals surface area contributed by atoms with Crippen LogP contribution in [0.5, 0.6) is 17.2 Å². The predicted octanol–water partition coefficient (Wildman–Crippen LogP) is 7.56. The van der Waals surface area contributed by atoms with Crippen molar-refractivity contribution >= 4 is 45.7 Å². The van der Waals surface area contributed by atoms with Gasteiger partial charge in [-0.1, -0.05) is 48.5 Å². The lowest BCUT2D eigenvalue weighted by Gasteiger charge is -2.17. The van der Waals surface area contributed by atoms with Gasteiger partial charge in [-0.25, -0.2) is 4.98 Å². The van der Waals surface area contributed by atoms with Crippen LogP contribution in [0.2, 0.25) is 0 Å². The Morgan fingerprint density at radius 3 is 2.05 bits per heavy atom. The summed E-state index contributed by atoms with van der Waals surface area (Å²) in [6.45, 7) is 0. The first kappa shape index (κ1) is 29.7. The number of para-hydroxylation sites is 1. The summed E-state index contributed by atoms with van der Waals surface area (Å²) in [5.41, 5.74) is 3.33. The van der Waals surface area contributed by atoms with E-state index in [0.717, 1.165) is 21.7 Å². The highest BCUT2D eigenvalue weighted by Gasteiger charge is 2.24. The molecule has 10 heteroatoms. The molecule has 1 aromatic heterocycles. The maximum absolute atomic E-state index is 13.6. The van der Waals surface area contributed by atoms with E-state index in [4.69, 9.17) is 14.2 Å². The van der Waals surface area contributed by atoms with Gasteiger partial charge in [0.25, 0.3) is 5.91 Å². The van der Waals surface area contributed by atoms with Gasteiger partial charge in [-0.3, -0.25) is 9.59 Å². The minimum absolute atomic E-state index is 0.197. The molecule has 2 amide bonds. The van der Waals surface area contributed by atoms with Gasteiger partial charge in [-0.15, -0.1) is 23.1 Å². The molecule has 0 aliphatic rings. The lowest BCUT2D eigenvalue weighted by Crippen LogP contribution is -2.19. The molecule has 0 bridgehead atoms. The van der Waals surface area contributed by atoms with Crippen LogP contribution in [0.25, 0.3) is 11.3 Å². The molecular weight excluding hydrogens is 583 g/mol. The van der Waals surface area contributed by atoms with Crippen LogP contribution in [-0.2, 0) is 4.79 Å². The van der Waals surface area contributed by atoms with Crippen molar-refractivity contribution in [2.45, 2.75) is 10.1 Å². The van der Waals surface area contributed by atoms with Crippen LogP contribution in [0, 0.1) is 0 Å². The van der Waals surface area contributed by atoms with Crippen LogP contribution in [0.15, 0.2) is 107 Å². The second-order valence-electron chi connectivity index (χ2n) is 9.15. The molecule has 0 aliphatic carbocycles. The average Bonchev–Trinajstić information content (AvgIpc) is 3.52. The van der Waals surface area contributed by atoms with E-state index in [1.54, 1.807) is 37.4 Å². The van der Waals surface area contributed by atoms with Crippen LogP contribution < -0.4 is 24.8 Å². The van der Waals surface area contributed by atoms with Crippen molar-refractivity contribution in [1.82, 2.24) is 4.98 Å². The van der Waals surface area contributed by atoms with E-state index in [9.17, 15) is 9.59 Å². The Morgan fingerprint density at radius 2 is 1.37 bits per heavy atom. The number of thioether (sulfide) groups is 1. The number of methoxy groups -OCH3 is 3. The standard InChI is InChI=1S/C33H29N3O5S2/c1-39-26-13-8-7-12-24(26)25-20-42-33(35-25)36-32(38)30(21-10-5-4-6-11-21)43-23-18-16-22(17-19-23)34-31(37)29-27(40-2)14-9-15-28(29)41-3/h4-20,30H,1-3H3,(H,34,37)(H,35,36,38). The molecule has 4 aromatic carbocycles. The Kier molecular flexibility index (Phi) is 9.60. The Hall–Kier alpha value is -4.80. The number of carbonyl (C=O) groups excluding carboxylic acids is 2. The Morgan fingerprint density at radius 1 is 0.744 bits per heavy atom. The van der Waals surface area contributed by atoms with Crippen LogP contribution in [0.4, 0.5) is 10.8 Å². The van der Waals surface area contributed by atoms with Crippen molar-refractivity contribution in [3.8, 4) is 28.5 Å². The second-order valence-corrected chi connectivity index (χ2v) is 11.2. The first-order valence-electron chi connectivity index (χ1n) is 13.2.